The normalized spacial score (nSPS) is 12.0. The number of methoxy groups -OCH3 is 1. The van der Waals surface area contributed by atoms with Gasteiger partial charge in [-0.25, -0.2) is 4.79 Å². The molecule has 0 saturated heterocycles. The molecule has 0 atom stereocenters. The van der Waals surface area contributed by atoms with Crippen molar-refractivity contribution < 1.29 is 19.0 Å². The van der Waals surface area contributed by atoms with Gasteiger partial charge < -0.3 is 24.4 Å². The van der Waals surface area contributed by atoms with Crippen molar-refractivity contribution in [1.29, 1.82) is 0 Å². The summed E-state index contributed by atoms with van der Waals surface area (Å²) < 4.78 is 15.8. The van der Waals surface area contributed by atoms with Crippen molar-refractivity contribution in [2.24, 2.45) is 0 Å². The fraction of sp³-hybridized carbons (Fsp3) is 0.333. The van der Waals surface area contributed by atoms with Crippen molar-refractivity contribution in [3.63, 3.8) is 0 Å². The Balaban J connectivity index is 1.63. The van der Waals surface area contributed by atoms with Gasteiger partial charge in [0.15, 0.2) is 11.5 Å². The molecule has 25 heavy (non-hydrogen) atoms. The van der Waals surface area contributed by atoms with Crippen LogP contribution in [0.4, 0.5) is 4.79 Å². The number of pyridine rings is 1. The van der Waals surface area contributed by atoms with Crippen molar-refractivity contribution >= 4 is 6.03 Å². The summed E-state index contributed by atoms with van der Waals surface area (Å²) in [7, 11) is 1.62. The smallest absolute Gasteiger partial charge is 0.318 e. The van der Waals surface area contributed by atoms with E-state index in [1.54, 1.807) is 24.4 Å². The van der Waals surface area contributed by atoms with Gasteiger partial charge in [0, 0.05) is 39.1 Å². The number of ether oxygens (including phenoxy) is 3. The molecule has 2 aromatic rings. The predicted molar refractivity (Wildman–Crippen MR) is 91.3 cm³/mol. The number of amides is 2. The van der Waals surface area contributed by atoms with Crippen LogP contribution >= 0.6 is 0 Å². The minimum absolute atomic E-state index is 0.154. The molecule has 0 fully saturated rings. The van der Waals surface area contributed by atoms with E-state index in [0.29, 0.717) is 32.0 Å². The maximum absolute atomic E-state index is 12.5. The highest BCUT2D eigenvalue weighted by Gasteiger charge is 2.17. The Hall–Kier alpha value is -2.80. The first kappa shape index (κ1) is 17.0. The molecule has 7 nitrogen and oxygen atoms in total. The van der Waals surface area contributed by atoms with Crippen LogP contribution in [-0.4, -0.2) is 43.0 Å². The first-order valence-electron chi connectivity index (χ1n) is 8.05. The zero-order valence-electron chi connectivity index (χ0n) is 14.1. The van der Waals surface area contributed by atoms with Gasteiger partial charge in [-0.05, 0) is 29.3 Å². The van der Waals surface area contributed by atoms with E-state index in [1.807, 2.05) is 30.3 Å². The average molecular weight is 343 g/mol. The molecule has 7 heteroatoms. The lowest BCUT2D eigenvalue weighted by atomic mass is 10.2. The summed E-state index contributed by atoms with van der Waals surface area (Å²) in [4.78, 5) is 18.3. The number of benzene rings is 1. The van der Waals surface area contributed by atoms with Crippen molar-refractivity contribution in [1.82, 2.24) is 15.2 Å². The summed E-state index contributed by atoms with van der Waals surface area (Å²) in [6.45, 7) is 2.07. The van der Waals surface area contributed by atoms with Gasteiger partial charge in [0.2, 0.25) is 6.79 Å². The lowest BCUT2D eigenvalue weighted by molar-refractivity contribution is 0.146. The fourth-order valence-corrected chi connectivity index (χ4v) is 2.51. The van der Waals surface area contributed by atoms with Crippen LogP contribution in [0.5, 0.6) is 11.5 Å². The molecule has 2 amide bonds. The molecular formula is C18H21N3O4. The van der Waals surface area contributed by atoms with E-state index in [-0.39, 0.29) is 12.8 Å². The quantitative estimate of drug-likeness (QED) is 0.834. The Morgan fingerprint density at radius 3 is 2.96 bits per heavy atom. The molecule has 1 aromatic heterocycles. The lowest BCUT2D eigenvalue weighted by Gasteiger charge is -2.23. The van der Waals surface area contributed by atoms with E-state index in [2.05, 4.69) is 10.3 Å². The molecule has 1 N–H and O–H groups in total. The summed E-state index contributed by atoms with van der Waals surface area (Å²) in [6, 6.07) is 9.30. The number of aromatic nitrogens is 1. The minimum atomic E-state index is -0.154. The minimum Gasteiger partial charge on any atom is -0.454 e. The van der Waals surface area contributed by atoms with Crippen LogP contribution in [-0.2, 0) is 17.8 Å². The molecule has 3 rings (SSSR count). The molecular weight excluding hydrogens is 322 g/mol. The number of rotatable bonds is 7. The first-order valence-corrected chi connectivity index (χ1v) is 8.05. The highest BCUT2D eigenvalue weighted by atomic mass is 16.7. The van der Waals surface area contributed by atoms with Gasteiger partial charge in [0.25, 0.3) is 0 Å². The molecule has 0 unspecified atom stereocenters. The number of fused-ring (bicyclic) bond motifs is 1. The van der Waals surface area contributed by atoms with E-state index >= 15 is 0 Å². The van der Waals surface area contributed by atoms with Gasteiger partial charge in [-0.1, -0.05) is 12.1 Å². The van der Waals surface area contributed by atoms with Crippen LogP contribution in [0.1, 0.15) is 11.1 Å². The van der Waals surface area contributed by atoms with Gasteiger partial charge >= 0.3 is 6.03 Å². The molecule has 0 saturated carbocycles. The summed E-state index contributed by atoms with van der Waals surface area (Å²) in [5.74, 6) is 1.44. The molecule has 1 aromatic carbocycles. The first-order chi connectivity index (χ1) is 12.3. The topological polar surface area (TPSA) is 72.9 Å². The van der Waals surface area contributed by atoms with Gasteiger partial charge in [-0.15, -0.1) is 0 Å². The summed E-state index contributed by atoms with van der Waals surface area (Å²) in [6.07, 6.45) is 3.44. The van der Waals surface area contributed by atoms with Crippen molar-refractivity contribution in [2.45, 2.75) is 13.1 Å². The lowest BCUT2D eigenvalue weighted by Crippen LogP contribution is -2.40. The number of nitrogens with zero attached hydrogens (tertiary/aromatic N) is 2. The van der Waals surface area contributed by atoms with E-state index < -0.39 is 0 Å². The van der Waals surface area contributed by atoms with Crippen LogP contribution in [0.2, 0.25) is 0 Å². The molecule has 1 aliphatic heterocycles. The third kappa shape index (κ3) is 4.60. The average Bonchev–Trinajstić information content (AvgIpc) is 3.11. The molecule has 132 valence electrons. The standard InChI is InChI=1S/C18H21N3O4/c1-23-8-7-21(18(22)20-11-15-3-2-6-19-10-15)12-14-4-5-16-17(9-14)25-13-24-16/h2-6,9-10H,7-8,11-13H2,1H3,(H,20,22). The Bertz CT molecular complexity index is 709. The van der Waals surface area contributed by atoms with Gasteiger partial charge in [0.1, 0.15) is 0 Å². The zero-order valence-corrected chi connectivity index (χ0v) is 14.1. The van der Waals surface area contributed by atoms with Gasteiger partial charge in [0.05, 0.1) is 6.61 Å². The van der Waals surface area contributed by atoms with Crippen molar-refractivity contribution in [2.75, 3.05) is 27.1 Å². The predicted octanol–water partition coefficient (Wildman–Crippen LogP) is 2.17. The maximum atomic E-state index is 12.5. The van der Waals surface area contributed by atoms with Crippen LogP contribution in [0, 0.1) is 0 Å². The summed E-state index contributed by atoms with van der Waals surface area (Å²) in [5, 5.41) is 2.92. The van der Waals surface area contributed by atoms with Crippen LogP contribution in [0.3, 0.4) is 0 Å². The molecule has 0 spiro atoms. The van der Waals surface area contributed by atoms with Crippen LogP contribution in [0.15, 0.2) is 42.7 Å². The Kier molecular flexibility index (Phi) is 5.69. The number of hydrogen-bond acceptors (Lipinski definition) is 5. The number of urea groups is 1. The van der Waals surface area contributed by atoms with Crippen molar-refractivity contribution in [3.8, 4) is 11.5 Å². The number of carbonyl (C=O) groups excluding carboxylic acids is 1. The van der Waals surface area contributed by atoms with Crippen LogP contribution < -0.4 is 14.8 Å². The second-order valence-electron chi connectivity index (χ2n) is 5.62. The van der Waals surface area contributed by atoms with E-state index in [1.165, 1.54) is 0 Å². The molecule has 1 aliphatic rings. The second kappa shape index (κ2) is 8.34. The Morgan fingerprint density at radius 1 is 1.28 bits per heavy atom. The number of hydrogen-bond donors (Lipinski definition) is 1. The summed E-state index contributed by atoms with van der Waals surface area (Å²) in [5.41, 5.74) is 1.92. The SMILES string of the molecule is COCCN(Cc1ccc2c(c1)OCO2)C(=O)NCc1cccnc1. The van der Waals surface area contributed by atoms with E-state index in [0.717, 1.165) is 16.9 Å². The number of carbonyl (C=O) groups is 1. The number of nitrogens with one attached hydrogen (secondary N) is 1. The van der Waals surface area contributed by atoms with Gasteiger partial charge in [-0.2, -0.15) is 0 Å². The highest BCUT2D eigenvalue weighted by molar-refractivity contribution is 5.74. The fourth-order valence-electron chi connectivity index (χ4n) is 2.51. The monoisotopic (exact) mass is 343 g/mol. The third-order valence-electron chi connectivity index (χ3n) is 3.83. The van der Waals surface area contributed by atoms with Crippen LogP contribution in [0.25, 0.3) is 0 Å². The largest absolute Gasteiger partial charge is 0.454 e. The van der Waals surface area contributed by atoms with E-state index in [4.69, 9.17) is 14.2 Å². The zero-order chi connectivity index (χ0) is 17.5. The van der Waals surface area contributed by atoms with Gasteiger partial charge in [-0.3, -0.25) is 4.98 Å². The molecule has 0 radical (unpaired) electrons. The highest BCUT2D eigenvalue weighted by Crippen LogP contribution is 2.32. The second-order valence-corrected chi connectivity index (χ2v) is 5.62. The molecule has 0 bridgehead atoms. The third-order valence-corrected chi connectivity index (χ3v) is 3.83. The van der Waals surface area contributed by atoms with E-state index in [9.17, 15) is 4.79 Å². The Labute approximate surface area is 146 Å². The summed E-state index contributed by atoms with van der Waals surface area (Å²) >= 11 is 0. The van der Waals surface area contributed by atoms with Crippen molar-refractivity contribution in [3.05, 3.63) is 53.9 Å². The Morgan fingerprint density at radius 2 is 2.16 bits per heavy atom. The maximum Gasteiger partial charge on any atom is 0.318 e. The molecule has 0 aliphatic carbocycles. The molecule has 2 heterocycles.